The molecule has 0 saturated heterocycles. The molecule has 3 nitrogen and oxygen atoms in total. The quantitative estimate of drug-likeness (QED) is 0.776. The Labute approximate surface area is 97.0 Å². The number of alkyl halides is 1. The van der Waals surface area contributed by atoms with Crippen molar-refractivity contribution >= 4 is 27.3 Å². The van der Waals surface area contributed by atoms with E-state index in [1.54, 1.807) is 11.3 Å². The highest BCUT2D eigenvalue weighted by Crippen LogP contribution is 2.28. The molecular weight excluding hydrogens is 264 g/mol. The standard InChI is InChI=1S/C9H15BrN2OS/c1-4-7(10)9-12-11-8(14-9)5-13-6(2)3/h6-7H,4-5H2,1-3H3. The Morgan fingerprint density at radius 3 is 2.71 bits per heavy atom. The van der Waals surface area contributed by atoms with Gasteiger partial charge in [0.15, 0.2) is 0 Å². The molecule has 0 bridgehead atoms. The van der Waals surface area contributed by atoms with Gasteiger partial charge >= 0.3 is 0 Å². The molecule has 1 heterocycles. The van der Waals surface area contributed by atoms with Gasteiger partial charge in [-0.15, -0.1) is 10.2 Å². The van der Waals surface area contributed by atoms with Gasteiger partial charge < -0.3 is 4.74 Å². The van der Waals surface area contributed by atoms with Crippen LogP contribution in [0.3, 0.4) is 0 Å². The zero-order valence-electron chi connectivity index (χ0n) is 8.66. The second-order valence-electron chi connectivity index (χ2n) is 3.27. The van der Waals surface area contributed by atoms with Gasteiger partial charge in [0.2, 0.25) is 0 Å². The van der Waals surface area contributed by atoms with Gasteiger partial charge in [0.25, 0.3) is 0 Å². The second-order valence-corrected chi connectivity index (χ2v) is 5.47. The summed E-state index contributed by atoms with van der Waals surface area (Å²) in [6, 6.07) is 0. The SMILES string of the molecule is CCC(Br)c1nnc(COC(C)C)s1. The predicted molar refractivity (Wildman–Crippen MR) is 61.8 cm³/mol. The third-order valence-corrected chi connectivity index (χ3v) is 4.04. The molecule has 14 heavy (non-hydrogen) atoms. The van der Waals surface area contributed by atoms with Gasteiger partial charge in [-0.1, -0.05) is 34.2 Å². The number of rotatable bonds is 5. The molecule has 80 valence electrons. The third kappa shape index (κ3) is 3.63. The fourth-order valence-electron chi connectivity index (χ4n) is 0.864. The van der Waals surface area contributed by atoms with E-state index in [9.17, 15) is 0 Å². The first-order valence-electron chi connectivity index (χ1n) is 4.71. The number of halogens is 1. The minimum Gasteiger partial charge on any atom is -0.372 e. The first-order chi connectivity index (χ1) is 6.63. The fraction of sp³-hybridized carbons (Fsp3) is 0.778. The molecule has 0 fully saturated rings. The lowest BCUT2D eigenvalue weighted by atomic mass is 10.4. The van der Waals surface area contributed by atoms with Crippen molar-refractivity contribution in [2.75, 3.05) is 0 Å². The molecule has 1 rings (SSSR count). The molecule has 0 radical (unpaired) electrons. The van der Waals surface area contributed by atoms with E-state index in [0.29, 0.717) is 11.4 Å². The van der Waals surface area contributed by atoms with E-state index in [0.717, 1.165) is 16.4 Å². The molecule has 1 aromatic rings. The van der Waals surface area contributed by atoms with E-state index < -0.39 is 0 Å². The van der Waals surface area contributed by atoms with Crippen LogP contribution in [0.5, 0.6) is 0 Å². The Balaban J connectivity index is 2.50. The van der Waals surface area contributed by atoms with Crippen molar-refractivity contribution in [3.05, 3.63) is 10.0 Å². The van der Waals surface area contributed by atoms with Crippen LogP contribution in [-0.2, 0) is 11.3 Å². The van der Waals surface area contributed by atoms with Crippen LogP contribution in [0.1, 0.15) is 42.0 Å². The molecule has 1 aromatic heterocycles. The topological polar surface area (TPSA) is 35.0 Å². The summed E-state index contributed by atoms with van der Waals surface area (Å²) < 4.78 is 5.45. The van der Waals surface area contributed by atoms with Crippen LogP contribution in [0.4, 0.5) is 0 Å². The normalized spacial score (nSPS) is 13.5. The van der Waals surface area contributed by atoms with Crippen molar-refractivity contribution in [2.24, 2.45) is 0 Å². The van der Waals surface area contributed by atoms with Crippen LogP contribution in [0.25, 0.3) is 0 Å². The Morgan fingerprint density at radius 2 is 2.14 bits per heavy atom. The van der Waals surface area contributed by atoms with E-state index in [1.165, 1.54) is 0 Å². The van der Waals surface area contributed by atoms with Crippen molar-refractivity contribution < 1.29 is 4.74 Å². The minimum absolute atomic E-state index is 0.244. The molecule has 1 atom stereocenters. The maximum Gasteiger partial charge on any atom is 0.143 e. The molecule has 0 spiro atoms. The summed E-state index contributed by atoms with van der Waals surface area (Å²) >= 11 is 5.16. The highest BCUT2D eigenvalue weighted by molar-refractivity contribution is 9.09. The highest BCUT2D eigenvalue weighted by Gasteiger charge is 2.11. The van der Waals surface area contributed by atoms with Crippen molar-refractivity contribution in [3.8, 4) is 0 Å². The number of hydrogen-bond acceptors (Lipinski definition) is 4. The van der Waals surface area contributed by atoms with Gasteiger partial charge in [-0.3, -0.25) is 0 Å². The molecule has 0 aliphatic rings. The van der Waals surface area contributed by atoms with Gasteiger partial charge in [0, 0.05) is 0 Å². The van der Waals surface area contributed by atoms with E-state index in [1.807, 2.05) is 13.8 Å². The van der Waals surface area contributed by atoms with Gasteiger partial charge in [-0.2, -0.15) is 0 Å². The lowest BCUT2D eigenvalue weighted by Gasteiger charge is -2.03. The zero-order chi connectivity index (χ0) is 10.6. The molecule has 1 unspecified atom stereocenters. The van der Waals surface area contributed by atoms with E-state index in [2.05, 4.69) is 33.1 Å². The summed E-state index contributed by atoms with van der Waals surface area (Å²) in [5.41, 5.74) is 0. The number of nitrogens with zero attached hydrogens (tertiary/aromatic N) is 2. The number of aromatic nitrogens is 2. The van der Waals surface area contributed by atoms with Crippen LogP contribution in [0.2, 0.25) is 0 Å². The Hall–Kier alpha value is -0.0000000000000000555. The lowest BCUT2D eigenvalue weighted by Crippen LogP contribution is -2.01. The summed E-state index contributed by atoms with van der Waals surface area (Å²) in [7, 11) is 0. The van der Waals surface area contributed by atoms with Crippen LogP contribution in [-0.4, -0.2) is 16.3 Å². The average molecular weight is 279 g/mol. The highest BCUT2D eigenvalue weighted by atomic mass is 79.9. The second kappa shape index (κ2) is 5.78. The summed E-state index contributed by atoms with van der Waals surface area (Å²) in [5, 5.41) is 10.2. The van der Waals surface area contributed by atoms with Crippen LogP contribution >= 0.6 is 27.3 Å². The maximum absolute atomic E-state index is 5.45. The Bertz CT molecular complexity index is 278. The molecule has 0 N–H and O–H groups in total. The molecule has 0 aliphatic carbocycles. The number of ether oxygens (including phenoxy) is 1. The molecular formula is C9H15BrN2OS. The maximum atomic E-state index is 5.45. The lowest BCUT2D eigenvalue weighted by molar-refractivity contribution is 0.0652. The van der Waals surface area contributed by atoms with Gasteiger partial charge in [-0.25, -0.2) is 0 Å². The Morgan fingerprint density at radius 1 is 1.43 bits per heavy atom. The third-order valence-electron chi connectivity index (χ3n) is 1.65. The summed E-state index contributed by atoms with van der Waals surface area (Å²) in [5.74, 6) is 0. The van der Waals surface area contributed by atoms with Crippen molar-refractivity contribution in [1.82, 2.24) is 10.2 Å². The largest absolute Gasteiger partial charge is 0.372 e. The number of hydrogen-bond donors (Lipinski definition) is 0. The summed E-state index contributed by atoms with van der Waals surface area (Å²) in [4.78, 5) is 0.327. The van der Waals surface area contributed by atoms with Gasteiger partial charge in [0.05, 0.1) is 10.9 Å². The molecule has 0 aromatic carbocycles. The first-order valence-corrected chi connectivity index (χ1v) is 6.44. The van der Waals surface area contributed by atoms with Gasteiger partial charge in [-0.05, 0) is 20.3 Å². The van der Waals surface area contributed by atoms with Crippen LogP contribution < -0.4 is 0 Å². The van der Waals surface area contributed by atoms with Gasteiger partial charge in [0.1, 0.15) is 16.6 Å². The van der Waals surface area contributed by atoms with Crippen LogP contribution in [0, 0.1) is 0 Å². The molecule has 0 amide bonds. The van der Waals surface area contributed by atoms with Crippen molar-refractivity contribution in [3.63, 3.8) is 0 Å². The average Bonchev–Trinajstić information content (AvgIpc) is 2.62. The summed E-state index contributed by atoms with van der Waals surface area (Å²) in [6.45, 7) is 6.71. The fourth-order valence-corrected chi connectivity index (χ4v) is 2.06. The Kier molecular flexibility index (Phi) is 4.98. The summed E-state index contributed by atoms with van der Waals surface area (Å²) in [6.07, 6.45) is 1.27. The van der Waals surface area contributed by atoms with E-state index in [-0.39, 0.29) is 6.10 Å². The van der Waals surface area contributed by atoms with Crippen molar-refractivity contribution in [2.45, 2.75) is 44.7 Å². The van der Waals surface area contributed by atoms with Crippen LogP contribution in [0.15, 0.2) is 0 Å². The zero-order valence-corrected chi connectivity index (χ0v) is 11.1. The first kappa shape index (κ1) is 12.1. The molecule has 0 saturated carbocycles. The minimum atomic E-state index is 0.244. The molecule has 0 aliphatic heterocycles. The smallest absolute Gasteiger partial charge is 0.143 e. The van der Waals surface area contributed by atoms with Crippen molar-refractivity contribution in [1.29, 1.82) is 0 Å². The molecule has 5 heteroatoms. The van der Waals surface area contributed by atoms with E-state index in [4.69, 9.17) is 4.74 Å². The predicted octanol–water partition coefficient (Wildman–Crippen LogP) is 3.31. The van der Waals surface area contributed by atoms with E-state index >= 15 is 0 Å². The monoisotopic (exact) mass is 278 g/mol.